The van der Waals surface area contributed by atoms with Gasteiger partial charge in [0.15, 0.2) is 28.1 Å². The number of amides is 1. The Hall–Kier alpha value is -5.09. The fourth-order valence-corrected chi connectivity index (χ4v) is 5.34. The highest BCUT2D eigenvalue weighted by atomic mass is 32.1. The van der Waals surface area contributed by atoms with Gasteiger partial charge in [-0.15, -0.1) is 11.3 Å². The van der Waals surface area contributed by atoms with Crippen LogP contribution in [0.1, 0.15) is 5.56 Å². The van der Waals surface area contributed by atoms with Gasteiger partial charge in [0.05, 0.1) is 11.4 Å². The van der Waals surface area contributed by atoms with E-state index in [1.807, 2.05) is 78.3 Å². The monoisotopic (exact) mass is 564 g/mol. The zero-order valence-electron chi connectivity index (χ0n) is 21.8. The second kappa shape index (κ2) is 10.8. The number of anilines is 1. The zero-order chi connectivity index (χ0) is 27.6. The second-order valence-corrected chi connectivity index (χ2v) is 10.1. The van der Waals surface area contributed by atoms with Gasteiger partial charge in [0.25, 0.3) is 0 Å². The summed E-state index contributed by atoms with van der Waals surface area (Å²) in [5.74, 6) is 2.50. The Labute approximate surface area is 239 Å². The van der Waals surface area contributed by atoms with Crippen molar-refractivity contribution >= 4 is 28.5 Å². The molecule has 1 amide bonds. The fraction of sp³-hybridized carbons (Fsp3) is 0.129. The number of hydrogen-bond acceptors (Lipinski definition) is 8. The van der Waals surface area contributed by atoms with Gasteiger partial charge in [-0.1, -0.05) is 18.2 Å². The third-order valence-corrected chi connectivity index (χ3v) is 7.32. The molecule has 0 aliphatic carbocycles. The lowest BCUT2D eigenvalue weighted by Crippen LogP contribution is -2.15. The maximum absolute atomic E-state index is 12.9. The number of carbonyl (C=O) groups is 1. The van der Waals surface area contributed by atoms with E-state index in [4.69, 9.17) is 24.0 Å². The van der Waals surface area contributed by atoms with Gasteiger partial charge in [-0.2, -0.15) is 5.10 Å². The largest absolute Gasteiger partial charge is 0.486 e. The van der Waals surface area contributed by atoms with E-state index in [2.05, 4.69) is 10.3 Å². The minimum Gasteiger partial charge on any atom is -0.486 e. The van der Waals surface area contributed by atoms with Crippen molar-refractivity contribution in [3.63, 3.8) is 0 Å². The minimum absolute atomic E-state index is 0.298. The third kappa shape index (κ3) is 5.24. The van der Waals surface area contributed by atoms with Crippen LogP contribution in [0.2, 0.25) is 0 Å². The van der Waals surface area contributed by atoms with Gasteiger partial charge in [0.1, 0.15) is 32.1 Å². The number of carbonyl (C=O) groups excluding carboxylic acids is 1. The Morgan fingerprint density at radius 1 is 0.829 bits per heavy atom. The van der Waals surface area contributed by atoms with E-state index >= 15 is 0 Å². The Balaban J connectivity index is 1.13. The van der Waals surface area contributed by atoms with Gasteiger partial charge in [0.2, 0.25) is 5.91 Å². The van der Waals surface area contributed by atoms with Crippen LogP contribution < -0.4 is 24.3 Å². The molecule has 5 aromatic rings. The average Bonchev–Trinajstić information content (AvgIpc) is 3.67. The van der Waals surface area contributed by atoms with Crippen LogP contribution in [0.3, 0.4) is 0 Å². The predicted molar refractivity (Wildman–Crippen MR) is 156 cm³/mol. The molecule has 2 aliphatic rings. The lowest BCUT2D eigenvalue weighted by Gasteiger charge is -2.18. The van der Waals surface area contributed by atoms with Gasteiger partial charge >= 0.3 is 0 Å². The topological polar surface area (TPSA) is 96.7 Å². The molecule has 41 heavy (non-hydrogen) atoms. The summed E-state index contributed by atoms with van der Waals surface area (Å²) in [6.45, 7) is 2.07. The first kappa shape index (κ1) is 24.9. The van der Waals surface area contributed by atoms with Crippen molar-refractivity contribution in [2.24, 2.45) is 0 Å². The molecule has 1 N–H and O–H groups in total. The maximum Gasteiger partial charge on any atom is 0.250 e. The normalized spacial score (nSPS) is 13.8. The molecule has 0 radical (unpaired) electrons. The zero-order valence-corrected chi connectivity index (χ0v) is 22.6. The lowest BCUT2D eigenvalue weighted by atomic mass is 10.1. The molecule has 204 valence electrons. The summed E-state index contributed by atoms with van der Waals surface area (Å²) in [5, 5.41) is 10.1. The summed E-state index contributed by atoms with van der Waals surface area (Å²) >= 11 is 1.36. The fourth-order valence-electron chi connectivity index (χ4n) is 4.62. The molecule has 0 spiro atoms. The number of fused-ring (bicyclic) bond motifs is 2. The number of thiazole rings is 1. The van der Waals surface area contributed by atoms with Gasteiger partial charge < -0.3 is 18.9 Å². The second-order valence-electron chi connectivity index (χ2n) is 9.29. The molecule has 0 atom stereocenters. The van der Waals surface area contributed by atoms with Crippen LogP contribution in [-0.2, 0) is 4.79 Å². The Morgan fingerprint density at radius 2 is 1.49 bits per heavy atom. The molecule has 0 saturated carbocycles. The van der Waals surface area contributed by atoms with Crippen LogP contribution >= 0.6 is 11.3 Å². The minimum atomic E-state index is -0.298. The number of para-hydroxylation sites is 1. The Bertz CT molecular complexity index is 1760. The van der Waals surface area contributed by atoms with E-state index in [-0.39, 0.29) is 5.91 Å². The number of hydrogen-bond donors (Lipinski definition) is 1. The highest BCUT2D eigenvalue weighted by molar-refractivity contribution is 7.14. The Morgan fingerprint density at radius 3 is 2.22 bits per heavy atom. The van der Waals surface area contributed by atoms with Crippen molar-refractivity contribution in [2.75, 3.05) is 31.7 Å². The smallest absolute Gasteiger partial charge is 0.250 e. The molecular formula is C31H24N4O5S. The van der Waals surface area contributed by atoms with Gasteiger partial charge in [-0.3, -0.25) is 10.1 Å². The summed E-state index contributed by atoms with van der Waals surface area (Å²) in [4.78, 5) is 17.5. The summed E-state index contributed by atoms with van der Waals surface area (Å²) < 4.78 is 24.5. The van der Waals surface area contributed by atoms with E-state index < -0.39 is 0 Å². The molecule has 9 nitrogen and oxygen atoms in total. The summed E-state index contributed by atoms with van der Waals surface area (Å²) in [5.41, 5.74) is 4.88. The molecule has 10 heteroatoms. The van der Waals surface area contributed by atoms with Crippen molar-refractivity contribution in [3.8, 4) is 51.2 Å². The van der Waals surface area contributed by atoms with Crippen LogP contribution in [0, 0.1) is 0 Å². The highest BCUT2D eigenvalue weighted by Crippen LogP contribution is 2.37. The number of rotatable bonds is 6. The van der Waals surface area contributed by atoms with Gasteiger partial charge in [0, 0.05) is 34.3 Å². The van der Waals surface area contributed by atoms with Gasteiger partial charge in [-0.05, 0) is 54.6 Å². The third-order valence-electron chi connectivity index (χ3n) is 6.57. The quantitative estimate of drug-likeness (QED) is 0.258. The maximum atomic E-state index is 12.9. The van der Waals surface area contributed by atoms with Crippen molar-refractivity contribution < 1.29 is 23.7 Å². The van der Waals surface area contributed by atoms with Crippen LogP contribution in [0.4, 0.5) is 5.13 Å². The first-order chi connectivity index (χ1) is 20.2. The Kier molecular flexibility index (Phi) is 6.58. The number of benzene rings is 3. The van der Waals surface area contributed by atoms with Crippen LogP contribution in [0.25, 0.3) is 34.3 Å². The van der Waals surface area contributed by atoms with E-state index in [9.17, 15) is 4.79 Å². The molecule has 0 saturated heterocycles. The van der Waals surface area contributed by atoms with E-state index in [1.165, 1.54) is 17.4 Å². The number of nitrogens with zero attached hydrogens (tertiary/aromatic N) is 3. The van der Waals surface area contributed by atoms with Crippen LogP contribution in [0.5, 0.6) is 23.0 Å². The first-order valence-electron chi connectivity index (χ1n) is 13.1. The average molecular weight is 565 g/mol. The number of nitrogens with one attached hydrogen (secondary N) is 1. The molecule has 4 heterocycles. The summed E-state index contributed by atoms with van der Waals surface area (Å²) in [6, 6.07) is 21.3. The first-order valence-corrected chi connectivity index (χ1v) is 14.0. The molecule has 2 aliphatic heterocycles. The van der Waals surface area contributed by atoms with E-state index in [1.54, 1.807) is 10.8 Å². The lowest BCUT2D eigenvalue weighted by molar-refractivity contribution is -0.111. The van der Waals surface area contributed by atoms with Crippen LogP contribution in [-0.4, -0.2) is 47.1 Å². The molecule has 2 aromatic heterocycles. The molecule has 0 unspecified atom stereocenters. The standard InChI is InChI=1S/C31H24N4O5S/c36-29(33-31-32-24(19-41-31)20-6-9-25-27(16-20)39-14-12-37-25)11-8-22-18-35(23-4-2-1-3-5-23)34-30(22)21-7-10-26-28(17-21)40-15-13-38-26/h1-11,16-19H,12-15H2,(H,32,33,36)/b11-8+. The van der Waals surface area contributed by atoms with Gasteiger partial charge in [-0.25, -0.2) is 9.67 Å². The molecule has 0 fully saturated rings. The SMILES string of the molecule is O=C(/C=C/c1cn(-c2ccccc2)nc1-c1ccc2c(c1)OCCO2)Nc1nc(-c2ccc3c(c2)OCCO3)cs1. The van der Waals surface area contributed by atoms with Crippen molar-refractivity contribution in [1.29, 1.82) is 0 Å². The highest BCUT2D eigenvalue weighted by Gasteiger charge is 2.17. The summed E-state index contributed by atoms with van der Waals surface area (Å²) in [7, 11) is 0. The van der Waals surface area contributed by atoms with E-state index in [0.29, 0.717) is 54.5 Å². The molecule has 0 bridgehead atoms. The van der Waals surface area contributed by atoms with E-state index in [0.717, 1.165) is 33.8 Å². The number of aromatic nitrogens is 3. The number of ether oxygens (including phenoxy) is 4. The van der Waals surface area contributed by atoms with Crippen molar-refractivity contribution in [2.45, 2.75) is 0 Å². The summed E-state index contributed by atoms with van der Waals surface area (Å²) in [6.07, 6.45) is 5.14. The molecular weight excluding hydrogens is 540 g/mol. The molecule has 7 rings (SSSR count). The van der Waals surface area contributed by atoms with Crippen LogP contribution in [0.15, 0.2) is 84.4 Å². The van der Waals surface area contributed by atoms with Crippen molar-refractivity contribution in [1.82, 2.24) is 14.8 Å². The van der Waals surface area contributed by atoms with Crippen molar-refractivity contribution in [3.05, 3.63) is 89.9 Å². The molecule has 3 aromatic carbocycles. The predicted octanol–water partition coefficient (Wildman–Crippen LogP) is 5.86.